The molecule has 0 saturated carbocycles. The van der Waals surface area contributed by atoms with Crippen LogP contribution in [0, 0.1) is 0 Å². The highest BCUT2D eigenvalue weighted by atomic mass is 16.7. The van der Waals surface area contributed by atoms with Crippen LogP contribution in [0.25, 0.3) is 0 Å². The van der Waals surface area contributed by atoms with E-state index in [-0.39, 0.29) is 36.8 Å². The summed E-state index contributed by atoms with van der Waals surface area (Å²) in [4.78, 5) is 12.5. The lowest BCUT2D eigenvalue weighted by atomic mass is 9.91. The number of carbonyl (C=O) groups excluding carboxylic acids is 1. The van der Waals surface area contributed by atoms with Gasteiger partial charge in [-0.05, 0) is 25.7 Å². The molecule has 3 fully saturated rings. The van der Waals surface area contributed by atoms with Crippen molar-refractivity contribution in [3.05, 3.63) is 0 Å². The van der Waals surface area contributed by atoms with E-state index in [9.17, 15) is 4.79 Å². The second kappa shape index (κ2) is 8.80. The second-order valence-electron chi connectivity index (χ2n) is 7.52. The molecule has 3 aliphatic heterocycles. The quantitative estimate of drug-likeness (QED) is 0.725. The number of methoxy groups -OCH3 is 1. The molecular formula is C19H32O6. The second-order valence-corrected chi connectivity index (χ2v) is 7.52. The number of cyclic esters (lactones) is 1. The zero-order chi connectivity index (χ0) is 17.7. The molecule has 25 heavy (non-hydrogen) atoms. The molecule has 0 aromatic carbocycles. The smallest absolute Gasteiger partial charge is 0.308 e. The number of esters is 1. The molecule has 6 heteroatoms. The third kappa shape index (κ3) is 5.16. The molecular weight excluding hydrogens is 324 g/mol. The Bertz CT molecular complexity index is 434. The van der Waals surface area contributed by atoms with E-state index in [0.29, 0.717) is 19.6 Å². The minimum absolute atomic E-state index is 0.0630. The van der Waals surface area contributed by atoms with Crippen LogP contribution >= 0.6 is 0 Å². The van der Waals surface area contributed by atoms with Gasteiger partial charge in [-0.1, -0.05) is 13.3 Å². The number of hydrogen-bond acceptors (Lipinski definition) is 6. The van der Waals surface area contributed by atoms with Gasteiger partial charge in [-0.25, -0.2) is 0 Å². The van der Waals surface area contributed by atoms with Crippen LogP contribution in [0.15, 0.2) is 0 Å². The van der Waals surface area contributed by atoms with Gasteiger partial charge in [0.05, 0.1) is 37.9 Å². The Kier molecular flexibility index (Phi) is 6.72. The lowest BCUT2D eigenvalue weighted by Crippen LogP contribution is -2.47. The van der Waals surface area contributed by atoms with Gasteiger partial charge in [-0.15, -0.1) is 0 Å². The monoisotopic (exact) mass is 356 g/mol. The fourth-order valence-electron chi connectivity index (χ4n) is 4.33. The first-order valence-electron chi connectivity index (χ1n) is 9.78. The summed E-state index contributed by atoms with van der Waals surface area (Å²) < 4.78 is 29.4. The van der Waals surface area contributed by atoms with Gasteiger partial charge in [0.25, 0.3) is 0 Å². The first kappa shape index (κ1) is 19.1. The third-order valence-corrected chi connectivity index (χ3v) is 5.49. The van der Waals surface area contributed by atoms with Crippen molar-refractivity contribution in [3.63, 3.8) is 0 Å². The number of ether oxygens (including phenoxy) is 5. The van der Waals surface area contributed by atoms with Crippen molar-refractivity contribution in [1.29, 1.82) is 0 Å². The zero-order valence-corrected chi connectivity index (χ0v) is 15.5. The Morgan fingerprint density at radius 3 is 2.64 bits per heavy atom. The Hall–Kier alpha value is -0.690. The molecule has 0 aliphatic carbocycles. The van der Waals surface area contributed by atoms with E-state index in [0.717, 1.165) is 44.9 Å². The summed E-state index contributed by atoms with van der Waals surface area (Å²) in [5, 5.41) is 0. The summed E-state index contributed by atoms with van der Waals surface area (Å²) in [6.07, 6.45) is 7.10. The average Bonchev–Trinajstić information content (AvgIpc) is 3.00. The maximum absolute atomic E-state index is 12.5. The summed E-state index contributed by atoms with van der Waals surface area (Å²) in [5.74, 6) is -0.755. The molecule has 6 nitrogen and oxygen atoms in total. The van der Waals surface area contributed by atoms with Crippen LogP contribution in [0.1, 0.15) is 64.7 Å². The number of fused-ring (bicyclic) bond motifs is 2. The van der Waals surface area contributed by atoms with Gasteiger partial charge in [0, 0.05) is 26.4 Å². The van der Waals surface area contributed by atoms with Crippen molar-refractivity contribution >= 4 is 5.97 Å². The van der Waals surface area contributed by atoms with E-state index in [1.54, 1.807) is 7.11 Å². The molecule has 2 bridgehead atoms. The predicted molar refractivity (Wildman–Crippen MR) is 91.2 cm³/mol. The van der Waals surface area contributed by atoms with Crippen LogP contribution in [0.3, 0.4) is 0 Å². The molecule has 0 unspecified atom stereocenters. The maximum Gasteiger partial charge on any atom is 0.308 e. The van der Waals surface area contributed by atoms with Crippen molar-refractivity contribution in [1.82, 2.24) is 0 Å². The van der Waals surface area contributed by atoms with Gasteiger partial charge >= 0.3 is 5.97 Å². The minimum atomic E-state index is -0.568. The van der Waals surface area contributed by atoms with Gasteiger partial charge in [0.2, 0.25) is 0 Å². The number of hydrogen-bond donors (Lipinski definition) is 0. The van der Waals surface area contributed by atoms with Crippen LogP contribution < -0.4 is 0 Å². The Morgan fingerprint density at radius 1 is 1.16 bits per heavy atom. The molecule has 144 valence electrons. The van der Waals surface area contributed by atoms with E-state index < -0.39 is 5.79 Å². The van der Waals surface area contributed by atoms with Gasteiger partial charge in [0.1, 0.15) is 6.10 Å². The SMILES string of the molecule is CCC[C@H]1C[C@@H](OC)CCC[C@H]2CC3(C[C@@H](CC(=O)O1)O2)OCCO3. The van der Waals surface area contributed by atoms with Crippen LogP contribution in [0.5, 0.6) is 0 Å². The van der Waals surface area contributed by atoms with Crippen LogP contribution in [-0.2, 0) is 28.5 Å². The fraction of sp³-hybridized carbons (Fsp3) is 0.947. The molecule has 0 radical (unpaired) electrons. The highest BCUT2D eigenvalue weighted by molar-refractivity contribution is 5.70. The molecule has 4 atom stereocenters. The fourth-order valence-corrected chi connectivity index (χ4v) is 4.33. The Balaban J connectivity index is 1.70. The molecule has 1 spiro atoms. The van der Waals surface area contributed by atoms with Crippen molar-refractivity contribution in [3.8, 4) is 0 Å². The zero-order valence-electron chi connectivity index (χ0n) is 15.5. The van der Waals surface area contributed by atoms with Gasteiger partial charge in [-0.3, -0.25) is 4.79 Å². The van der Waals surface area contributed by atoms with Crippen molar-refractivity contribution in [2.24, 2.45) is 0 Å². The maximum atomic E-state index is 12.5. The van der Waals surface area contributed by atoms with Crippen molar-refractivity contribution in [2.75, 3.05) is 20.3 Å². The third-order valence-electron chi connectivity index (χ3n) is 5.49. The van der Waals surface area contributed by atoms with E-state index in [2.05, 4.69) is 6.92 Å². The average molecular weight is 356 g/mol. The lowest BCUT2D eigenvalue weighted by molar-refractivity contribution is -0.243. The summed E-state index contributed by atoms with van der Waals surface area (Å²) in [6.45, 7) is 3.35. The molecule has 3 aliphatic rings. The minimum Gasteiger partial charge on any atom is -0.462 e. The molecule has 3 heterocycles. The highest BCUT2D eigenvalue weighted by Crippen LogP contribution is 2.39. The molecule has 3 saturated heterocycles. The van der Waals surface area contributed by atoms with E-state index in [1.807, 2.05) is 0 Å². The summed E-state index contributed by atoms with van der Waals surface area (Å²) >= 11 is 0. The molecule has 0 N–H and O–H groups in total. The predicted octanol–water partition coefficient (Wildman–Crippen LogP) is 2.97. The molecule has 0 aromatic rings. The van der Waals surface area contributed by atoms with E-state index in [4.69, 9.17) is 23.7 Å². The lowest BCUT2D eigenvalue weighted by Gasteiger charge is -2.41. The Labute approximate surface area is 150 Å². The number of carbonyl (C=O) groups is 1. The van der Waals surface area contributed by atoms with Gasteiger partial charge < -0.3 is 23.7 Å². The van der Waals surface area contributed by atoms with Gasteiger partial charge in [0.15, 0.2) is 5.79 Å². The van der Waals surface area contributed by atoms with Crippen molar-refractivity contribution < 1.29 is 28.5 Å². The van der Waals surface area contributed by atoms with Gasteiger partial charge in [-0.2, -0.15) is 0 Å². The summed E-state index contributed by atoms with van der Waals surface area (Å²) in [5.41, 5.74) is 0. The van der Waals surface area contributed by atoms with Crippen molar-refractivity contribution in [2.45, 2.75) is 94.9 Å². The van der Waals surface area contributed by atoms with Crippen LogP contribution in [0.2, 0.25) is 0 Å². The molecule has 3 rings (SSSR count). The first-order valence-corrected chi connectivity index (χ1v) is 9.78. The van der Waals surface area contributed by atoms with Crippen LogP contribution in [-0.4, -0.2) is 56.5 Å². The highest BCUT2D eigenvalue weighted by Gasteiger charge is 2.46. The van der Waals surface area contributed by atoms with Crippen LogP contribution in [0.4, 0.5) is 0 Å². The largest absolute Gasteiger partial charge is 0.462 e. The standard InChI is InChI=1S/C19H32O6/c1-3-5-15-10-14(21-2)6-4-7-16-12-19(22-8-9-23-19)13-17(24-16)11-18(20)25-15/h14-17H,3-13H2,1-2H3/t14-,15-,16-,17+/m0/s1. The first-order chi connectivity index (χ1) is 12.1. The summed E-state index contributed by atoms with van der Waals surface area (Å²) in [7, 11) is 1.74. The molecule has 0 aromatic heterocycles. The van der Waals surface area contributed by atoms with E-state index in [1.165, 1.54) is 0 Å². The summed E-state index contributed by atoms with van der Waals surface area (Å²) in [6, 6.07) is 0. The molecule has 0 amide bonds. The normalized spacial score (nSPS) is 36.5. The number of rotatable bonds is 3. The van der Waals surface area contributed by atoms with E-state index >= 15 is 0 Å². The topological polar surface area (TPSA) is 63.2 Å². The Morgan fingerprint density at radius 2 is 1.92 bits per heavy atom.